The molecule has 0 radical (unpaired) electrons. The summed E-state index contributed by atoms with van der Waals surface area (Å²) in [4.78, 5) is 24.5. The smallest absolute Gasteiger partial charge is 0.335 e. The van der Waals surface area contributed by atoms with Crippen molar-refractivity contribution < 1.29 is 19.4 Å². The van der Waals surface area contributed by atoms with E-state index in [9.17, 15) is 9.59 Å². The molecular weight excluding hydrogens is 294 g/mol. The van der Waals surface area contributed by atoms with Gasteiger partial charge >= 0.3 is 5.97 Å². The van der Waals surface area contributed by atoms with E-state index in [-0.39, 0.29) is 22.5 Å². The number of aromatic carboxylic acids is 1. The molecule has 1 heterocycles. The largest absolute Gasteiger partial charge is 0.490 e. The van der Waals surface area contributed by atoms with E-state index in [1.54, 1.807) is 6.07 Å². The molecule has 0 aromatic heterocycles. The fourth-order valence-electron chi connectivity index (χ4n) is 2.48. The number of nitrogens with zero attached hydrogens (tertiary/aromatic N) is 1. The van der Waals surface area contributed by atoms with Gasteiger partial charge in [-0.15, -0.1) is 0 Å². The first-order chi connectivity index (χ1) is 10.0. The summed E-state index contributed by atoms with van der Waals surface area (Å²) >= 11 is 6.02. The number of carboxylic acid groups (broad SMARTS) is 1. The second kappa shape index (κ2) is 6.80. The summed E-state index contributed by atoms with van der Waals surface area (Å²) in [5.41, 5.74) is 0.121. The first-order valence-electron chi connectivity index (χ1n) is 6.98. The van der Waals surface area contributed by atoms with E-state index in [0.717, 1.165) is 19.4 Å². The van der Waals surface area contributed by atoms with Crippen LogP contribution in [0.1, 0.15) is 36.5 Å². The van der Waals surface area contributed by atoms with Crippen LogP contribution in [0.15, 0.2) is 18.2 Å². The molecule has 21 heavy (non-hydrogen) atoms. The molecule has 0 aliphatic carbocycles. The maximum absolute atomic E-state index is 11.8. The minimum Gasteiger partial charge on any atom is -0.490 e. The zero-order chi connectivity index (χ0) is 15.4. The van der Waals surface area contributed by atoms with Gasteiger partial charge < -0.3 is 14.7 Å². The Morgan fingerprint density at radius 1 is 1.48 bits per heavy atom. The molecule has 1 aromatic rings. The van der Waals surface area contributed by atoms with Gasteiger partial charge in [-0.05, 0) is 31.0 Å². The fourth-order valence-corrected chi connectivity index (χ4v) is 2.71. The average Bonchev–Trinajstić information content (AvgIpc) is 2.93. The van der Waals surface area contributed by atoms with Gasteiger partial charge in [0.05, 0.1) is 16.6 Å². The van der Waals surface area contributed by atoms with Gasteiger partial charge in [-0.1, -0.05) is 18.5 Å². The SMILES string of the molecule is CCC(=O)N1CCC[C@H]1COc1ccc(C(=O)O)cc1Cl. The van der Waals surface area contributed by atoms with Crippen LogP contribution in [0.2, 0.25) is 5.02 Å². The molecule has 0 spiro atoms. The molecule has 0 saturated carbocycles. The first-order valence-corrected chi connectivity index (χ1v) is 7.35. The highest BCUT2D eigenvalue weighted by atomic mass is 35.5. The summed E-state index contributed by atoms with van der Waals surface area (Å²) in [5.74, 6) is -0.454. The van der Waals surface area contributed by atoms with E-state index < -0.39 is 5.97 Å². The van der Waals surface area contributed by atoms with Crippen LogP contribution in [0.5, 0.6) is 5.75 Å². The van der Waals surface area contributed by atoms with Crippen molar-refractivity contribution in [2.45, 2.75) is 32.2 Å². The van der Waals surface area contributed by atoms with Crippen molar-refractivity contribution in [2.75, 3.05) is 13.2 Å². The highest BCUT2D eigenvalue weighted by molar-refractivity contribution is 6.32. The van der Waals surface area contributed by atoms with E-state index in [4.69, 9.17) is 21.4 Å². The van der Waals surface area contributed by atoms with Crippen LogP contribution in [0, 0.1) is 0 Å². The number of likely N-dealkylation sites (tertiary alicyclic amines) is 1. The Hall–Kier alpha value is -1.75. The van der Waals surface area contributed by atoms with E-state index in [0.29, 0.717) is 18.8 Å². The Kier molecular flexibility index (Phi) is 5.07. The highest BCUT2D eigenvalue weighted by Gasteiger charge is 2.28. The Bertz CT molecular complexity index is 546. The number of benzene rings is 1. The minimum atomic E-state index is -1.03. The maximum Gasteiger partial charge on any atom is 0.335 e. The molecule has 1 N–H and O–H groups in total. The van der Waals surface area contributed by atoms with Gasteiger partial charge in [0.1, 0.15) is 12.4 Å². The lowest BCUT2D eigenvalue weighted by atomic mass is 10.2. The summed E-state index contributed by atoms with van der Waals surface area (Å²) in [6.45, 7) is 2.99. The van der Waals surface area contributed by atoms with Crippen LogP contribution < -0.4 is 4.74 Å². The Morgan fingerprint density at radius 2 is 2.24 bits per heavy atom. The second-order valence-electron chi connectivity index (χ2n) is 5.00. The number of hydrogen-bond donors (Lipinski definition) is 1. The van der Waals surface area contributed by atoms with Gasteiger partial charge in [0.15, 0.2) is 0 Å². The van der Waals surface area contributed by atoms with Gasteiger partial charge in [-0.25, -0.2) is 4.79 Å². The Balaban J connectivity index is 1.99. The van der Waals surface area contributed by atoms with Crippen molar-refractivity contribution >= 4 is 23.5 Å². The third kappa shape index (κ3) is 3.67. The summed E-state index contributed by atoms with van der Waals surface area (Å²) in [6.07, 6.45) is 2.38. The van der Waals surface area contributed by atoms with Crippen LogP contribution in [0.4, 0.5) is 0 Å². The fraction of sp³-hybridized carbons (Fsp3) is 0.467. The molecule has 2 rings (SSSR count). The highest BCUT2D eigenvalue weighted by Crippen LogP contribution is 2.27. The van der Waals surface area contributed by atoms with E-state index in [2.05, 4.69) is 0 Å². The normalized spacial score (nSPS) is 17.8. The van der Waals surface area contributed by atoms with Crippen molar-refractivity contribution in [3.8, 4) is 5.75 Å². The summed E-state index contributed by atoms with van der Waals surface area (Å²) in [5, 5.41) is 9.15. The lowest BCUT2D eigenvalue weighted by Gasteiger charge is -2.24. The van der Waals surface area contributed by atoms with Crippen molar-refractivity contribution in [3.63, 3.8) is 0 Å². The van der Waals surface area contributed by atoms with Crippen LogP contribution >= 0.6 is 11.6 Å². The van der Waals surface area contributed by atoms with Crippen LogP contribution in [0.25, 0.3) is 0 Å². The van der Waals surface area contributed by atoms with E-state index in [1.165, 1.54) is 12.1 Å². The van der Waals surface area contributed by atoms with E-state index in [1.807, 2.05) is 11.8 Å². The number of carbonyl (C=O) groups excluding carboxylic acids is 1. The maximum atomic E-state index is 11.8. The minimum absolute atomic E-state index is 0.0627. The topological polar surface area (TPSA) is 66.8 Å². The molecule has 0 unspecified atom stereocenters. The van der Waals surface area contributed by atoms with Gasteiger partial charge in [0.25, 0.3) is 0 Å². The predicted molar refractivity (Wildman–Crippen MR) is 78.9 cm³/mol. The molecule has 1 aromatic carbocycles. The molecule has 6 heteroatoms. The third-order valence-corrected chi connectivity index (χ3v) is 3.91. The molecule has 1 amide bonds. The van der Waals surface area contributed by atoms with E-state index >= 15 is 0 Å². The number of ether oxygens (including phenoxy) is 1. The summed E-state index contributed by atoms with van der Waals surface area (Å²) < 4.78 is 5.66. The van der Waals surface area contributed by atoms with Crippen molar-refractivity contribution in [1.82, 2.24) is 4.90 Å². The third-order valence-electron chi connectivity index (χ3n) is 3.61. The number of rotatable bonds is 5. The van der Waals surface area contributed by atoms with Crippen LogP contribution in [-0.4, -0.2) is 41.1 Å². The zero-order valence-electron chi connectivity index (χ0n) is 11.8. The second-order valence-corrected chi connectivity index (χ2v) is 5.41. The lowest BCUT2D eigenvalue weighted by molar-refractivity contribution is -0.132. The molecule has 1 aliphatic heterocycles. The zero-order valence-corrected chi connectivity index (χ0v) is 12.6. The van der Waals surface area contributed by atoms with Crippen LogP contribution in [-0.2, 0) is 4.79 Å². The monoisotopic (exact) mass is 311 g/mol. The number of carboxylic acids is 1. The van der Waals surface area contributed by atoms with Crippen molar-refractivity contribution in [1.29, 1.82) is 0 Å². The molecular formula is C15H18ClNO4. The van der Waals surface area contributed by atoms with Gasteiger partial charge in [0.2, 0.25) is 5.91 Å². The Morgan fingerprint density at radius 3 is 2.86 bits per heavy atom. The van der Waals surface area contributed by atoms with Crippen molar-refractivity contribution in [2.24, 2.45) is 0 Å². The number of hydrogen-bond acceptors (Lipinski definition) is 3. The molecule has 1 fully saturated rings. The van der Waals surface area contributed by atoms with Gasteiger partial charge in [0, 0.05) is 13.0 Å². The molecule has 1 atom stereocenters. The Labute approximate surface area is 128 Å². The van der Waals surface area contributed by atoms with Crippen LogP contribution in [0.3, 0.4) is 0 Å². The number of amides is 1. The molecule has 5 nitrogen and oxygen atoms in total. The predicted octanol–water partition coefficient (Wildman–Crippen LogP) is 2.82. The standard InChI is InChI=1S/C15H18ClNO4/c1-2-14(18)17-7-3-4-11(17)9-21-13-6-5-10(15(19)20)8-12(13)16/h5-6,8,11H,2-4,7,9H2,1H3,(H,19,20)/t11-/m0/s1. The number of halogens is 1. The quantitative estimate of drug-likeness (QED) is 0.908. The van der Waals surface area contributed by atoms with Crippen molar-refractivity contribution in [3.05, 3.63) is 28.8 Å². The lowest BCUT2D eigenvalue weighted by Crippen LogP contribution is -2.38. The summed E-state index contributed by atoms with van der Waals surface area (Å²) in [6, 6.07) is 4.43. The number of carbonyl (C=O) groups is 2. The molecule has 1 saturated heterocycles. The molecule has 1 aliphatic rings. The molecule has 0 bridgehead atoms. The molecule has 114 valence electrons. The summed E-state index contributed by atoms with van der Waals surface area (Å²) in [7, 11) is 0. The average molecular weight is 312 g/mol. The first kappa shape index (κ1) is 15.6. The van der Waals surface area contributed by atoms with Gasteiger partial charge in [-0.3, -0.25) is 4.79 Å². The van der Waals surface area contributed by atoms with Gasteiger partial charge in [-0.2, -0.15) is 0 Å².